The summed E-state index contributed by atoms with van der Waals surface area (Å²) in [6.45, 7) is 1.59. The van der Waals surface area contributed by atoms with Crippen LogP contribution in [0.2, 0.25) is 0 Å². The number of amides is 1. The quantitative estimate of drug-likeness (QED) is 0.854. The number of para-hydroxylation sites is 1. The SMILES string of the molecule is O=C(CNC1CCCOC1)Nc1ccccc1F. The van der Waals surface area contributed by atoms with Crippen molar-refractivity contribution in [2.75, 3.05) is 25.1 Å². The number of nitrogens with one attached hydrogen (secondary N) is 2. The molecule has 0 bridgehead atoms. The van der Waals surface area contributed by atoms with Gasteiger partial charge in [-0.15, -0.1) is 0 Å². The van der Waals surface area contributed by atoms with E-state index in [0.29, 0.717) is 6.61 Å². The second-order valence-electron chi connectivity index (χ2n) is 4.32. The molecule has 1 aromatic rings. The van der Waals surface area contributed by atoms with Crippen molar-refractivity contribution in [3.05, 3.63) is 30.1 Å². The molecular formula is C13H17FN2O2. The molecule has 1 fully saturated rings. The minimum atomic E-state index is -0.424. The van der Waals surface area contributed by atoms with E-state index in [1.165, 1.54) is 12.1 Å². The third kappa shape index (κ3) is 3.78. The van der Waals surface area contributed by atoms with Crippen LogP contribution in [-0.4, -0.2) is 31.7 Å². The molecule has 0 aromatic heterocycles. The normalized spacial score (nSPS) is 19.5. The summed E-state index contributed by atoms with van der Waals surface area (Å²) in [5.74, 6) is -0.669. The lowest BCUT2D eigenvalue weighted by atomic mass is 10.1. The summed E-state index contributed by atoms with van der Waals surface area (Å²) in [6.07, 6.45) is 2.01. The zero-order valence-corrected chi connectivity index (χ0v) is 10.1. The summed E-state index contributed by atoms with van der Waals surface area (Å²) in [4.78, 5) is 11.6. The third-order valence-electron chi connectivity index (χ3n) is 2.86. The van der Waals surface area contributed by atoms with Crippen LogP contribution in [0, 0.1) is 5.82 Å². The van der Waals surface area contributed by atoms with Gasteiger partial charge in [0, 0.05) is 12.6 Å². The molecule has 1 heterocycles. The molecule has 0 aliphatic carbocycles. The predicted octanol–water partition coefficient (Wildman–Crippen LogP) is 1.53. The molecule has 1 atom stereocenters. The topological polar surface area (TPSA) is 50.4 Å². The number of anilines is 1. The van der Waals surface area contributed by atoms with Gasteiger partial charge in [0.2, 0.25) is 5.91 Å². The highest BCUT2D eigenvalue weighted by molar-refractivity contribution is 5.92. The van der Waals surface area contributed by atoms with Crippen LogP contribution in [0.4, 0.5) is 10.1 Å². The summed E-state index contributed by atoms with van der Waals surface area (Å²) < 4.78 is 18.6. The lowest BCUT2D eigenvalue weighted by Gasteiger charge is -2.22. The molecule has 98 valence electrons. The van der Waals surface area contributed by atoms with E-state index in [0.717, 1.165) is 19.4 Å². The van der Waals surface area contributed by atoms with E-state index in [1.807, 2.05) is 0 Å². The Labute approximate surface area is 106 Å². The molecule has 0 spiro atoms. The number of ether oxygens (including phenoxy) is 1. The van der Waals surface area contributed by atoms with Crippen molar-refractivity contribution in [1.82, 2.24) is 5.32 Å². The van der Waals surface area contributed by atoms with Gasteiger partial charge in [-0.05, 0) is 25.0 Å². The summed E-state index contributed by atoms with van der Waals surface area (Å²) in [5.41, 5.74) is 0.212. The van der Waals surface area contributed by atoms with Gasteiger partial charge in [0.15, 0.2) is 0 Å². The highest BCUT2D eigenvalue weighted by atomic mass is 19.1. The van der Waals surface area contributed by atoms with E-state index in [4.69, 9.17) is 4.74 Å². The highest BCUT2D eigenvalue weighted by Gasteiger charge is 2.14. The Bertz CT molecular complexity index is 406. The lowest BCUT2D eigenvalue weighted by Crippen LogP contribution is -2.41. The van der Waals surface area contributed by atoms with E-state index in [2.05, 4.69) is 10.6 Å². The van der Waals surface area contributed by atoms with Gasteiger partial charge in [-0.1, -0.05) is 12.1 Å². The second-order valence-corrected chi connectivity index (χ2v) is 4.32. The first kappa shape index (κ1) is 13.0. The second kappa shape index (κ2) is 6.47. The van der Waals surface area contributed by atoms with Crippen LogP contribution in [0.25, 0.3) is 0 Å². The summed E-state index contributed by atoms with van der Waals surface area (Å²) in [6, 6.07) is 6.34. The Morgan fingerprint density at radius 3 is 3.00 bits per heavy atom. The fraction of sp³-hybridized carbons (Fsp3) is 0.462. The van der Waals surface area contributed by atoms with E-state index < -0.39 is 5.82 Å². The number of halogens is 1. The van der Waals surface area contributed by atoms with Gasteiger partial charge in [0.1, 0.15) is 5.82 Å². The van der Waals surface area contributed by atoms with Crippen LogP contribution >= 0.6 is 0 Å². The number of hydrogen-bond acceptors (Lipinski definition) is 3. The fourth-order valence-electron chi connectivity index (χ4n) is 1.90. The first-order valence-corrected chi connectivity index (χ1v) is 6.11. The summed E-state index contributed by atoms with van der Waals surface area (Å²) in [5, 5.41) is 5.63. The molecule has 1 amide bonds. The van der Waals surface area contributed by atoms with Crippen molar-refractivity contribution in [3.8, 4) is 0 Å². The van der Waals surface area contributed by atoms with Crippen molar-refractivity contribution in [3.63, 3.8) is 0 Å². The first-order valence-electron chi connectivity index (χ1n) is 6.11. The minimum Gasteiger partial charge on any atom is -0.380 e. The standard InChI is InChI=1S/C13H17FN2O2/c14-11-5-1-2-6-12(11)16-13(17)8-15-10-4-3-7-18-9-10/h1-2,5-6,10,15H,3-4,7-9H2,(H,16,17). The molecule has 0 radical (unpaired) electrons. The molecular weight excluding hydrogens is 235 g/mol. The van der Waals surface area contributed by atoms with Crippen LogP contribution in [-0.2, 0) is 9.53 Å². The van der Waals surface area contributed by atoms with Crippen molar-refractivity contribution in [1.29, 1.82) is 0 Å². The molecule has 1 aliphatic rings. The monoisotopic (exact) mass is 252 g/mol. The maximum absolute atomic E-state index is 13.3. The Morgan fingerprint density at radius 2 is 2.28 bits per heavy atom. The number of carbonyl (C=O) groups excluding carboxylic acids is 1. The number of rotatable bonds is 4. The van der Waals surface area contributed by atoms with Gasteiger partial charge in [0.25, 0.3) is 0 Å². The molecule has 1 saturated heterocycles. The maximum Gasteiger partial charge on any atom is 0.238 e. The molecule has 1 aromatic carbocycles. The molecule has 2 N–H and O–H groups in total. The van der Waals surface area contributed by atoms with Gasteiger partial charge < -0.3 is 15.4 Å². The minimum absolute atomic E-state index is 0.169. The predicted molar refractivity (Wildman–Crippen MR) is 66.9 cm³/mol. The van der Waals surface area contributed by atoms with Crippen molar-refractivity contribution < 1.29 is 13.9 Å². The Morgan fingerprint density at radius 1 is 1.44 bits per heavy atom. The molecule has 18 heavy (non-hydrogen) atoms. The molecule has 1 unspecified atom stereocenters. The van der Waals surface area contributed by atoms with Gasteiger partial charge in [0.05, 0.1) is 18.8 Å². The largest absolute Gasteiger partial charge is 0.380 e. The van der Waals surface area contributed by atoms with Crippen molar-refractivity contribution >= 4 is 11.6 Å². The van der Waals surface area contributed by atoms with E-state index >= 15 is 0 Å². The third-order valence-corrected chi connectivity index (χ3v) is 2.86. The molecule has 0 saturated carbocycles. The van der Waals surface area contributed by atoms with E-state index in [9.17, 15) is 9.18 Å². The van der Waals surface area contributed by atoms with Crippen LogP contribution < -0.4 is 10.6 Å². The van der Waals surface area contributed by atoms with Gasteiger partial charge in [-0.25, -0.2) is 4.39 Å². The highest BCUT2D eigenvalue weighted by Crippen LogP contribution is 2.12. The zero-order chi connectivity index (χ0) is 12.8. The molecule has 5 heteroatoms. The van der Waals surface area contributed by atoms with Gasteiger partial charge >= 0.3 is 0 Å². The summed E-state index contributed by atoms with van der Waals surface area (Å²) >= 11 is 0. The average Bonchev–Trinajstić information content (AvgIpc) is 2.40. The van der Waals surface area contributed by atoms with Crippen molar-refractivity contribution in [2.24, 2.45) is 0 Å². The fourth-order valence-corrected chi connectivity index (χ4v) is 1.90. The lowest BCUT2D eigenvalue weighted by molar-refractivity contribution is -0.115. The van der Waals surface area contributed by atoms with Gasteiger partial charge in [-0.2, -0.15) is 0 Å². The maximum atomic E-state index is 13.3. The van der Waals surface area contributed by atoms with Gasteiger partial charge in [-0.3, -0.25) is 4.79 Å². The van der Waals surface area contributed by atoms with E-state index in [-0.39, 0.29) is 24.2 Å². The molecule has 1 aliphatic heterocycles. The number of carbonyl (C=O) groups is 1. The molecule has 4 nitrogen and oxygen atoms in total. The Kier molecular flexibility index (Phi) is 4.66. The smallest absolute Gasteiger partial charge is 0.238 e. The summed E-state index contributed by atoms with van der Waals surface area (Å²) in [7, 11) is 0. The number of hydrogen-bond donors (Lipinski definition) is 2. The number of benzene rings is 1. The van der Waals surface area contributed by atoms with Crippen LogP contribution in [0.15, 0.2) is 24.3 Å². The van der Waals surface area contributed by atoms with Crippen molar-refractivity contribution in [2.45, 2.75) is 18.9 Å². The first-order chi connectivity index (χ1) is 8.75. The average molecular weight is 252 g/mol. The zero-order valence-electron chi connectivity index (χ0n) is 10.1. The van der Waals surface area contributed by atoms with Crippen LogP contribution in [0.1, 0.15) is 12.8 Å². The van der Waals surface area contributed by atoms with E-state index in [1.54, 1.807) is 12.1 Å². The Hall–Kier alpha value is -1.46. The Balaban J connectivity index is 1.76. The van der Waals surface area contributed by atoms with Crippen LogP contribution in [0.5, 0.6) is 0 Å². The molecule has 2 rings (SSSR count). The van der Waals surface area contributed by atoms with Crippen LogP contribution in [0.3, 0.4) is 0 Å².